The van der Waals surface area contributed by atoms with Crippen LogP contribution in [0, 0.1) is 5.82 Å². The first-order valence-corrected chi connectivity index (χ1v) is 15.3. The lowest BCUT2D eigenvalue weighted by Crippen LogP contribution is -2.62. The number of aromatic nitrogens is 2. The number of sulfonamides is 1. The minimum Gasteiger partial charge on any atom is -0.366 e. The first kappa shape index (κ1) is 31.1. The Labute approximate surface area is 252 Å². The van der Waals surface area contributed by atoms with Crippen LogP contribution in [-0.2, 0) is 29.3 Å². The van der Waals surface area contributed by atoms with Gasteiger partial charge in [0, 0.05) is 43.9 Å². The Bertz CT molecular complexity index is 1740. The van der Waals surface area contributed by atoms with Gasteiger partial charge in [0.25, 0.3) is 0 Å². The molecule has 0 bridgehead atoms. The summed E-state index contributed by atoms with van der Waals surface area (Å²) in [6, 6.07) is 14.6. The van der Waals surface area contributed by atoms with Crippen LogP contribution in [-0.4, -0.2) is 40.9 Å². The zero-order valence-corrected chi connectivity index (χ0v) is 24.5. The van der Waals surface area contributed by atoms with E-state index in [1.54, 1.807) is 37.5 Å². The molecular weight excluding hydrogens is 598 g/mol. The highest BCUT2D eigenvalue weighted by Gasteiger charge is 2.56. The van der Waals surface area contributed by atoms with Crippen molar-refractivity contribution in [2.45, 2.75) is 50.0 Å². The Balaban J connectivity index is 1.44. The number of nitrogens with one attached hydrogen (secondary N) is 2. The maximum absolute atomic E-state index is 13.8. The SMILES string of the molecule is C[C@@H]1CCC[N+]1(C(=O)NCc1cc(NCc2cccnc2)nc(-c2ccc(C(F)(F)F)cc2)c1)S(=O)(=O)c1ccc(F)cc1. The minimum absolute atomic E-state index is 0.0533. The van der Waals surface area contributed by atoms with E-state index in [4.69, 9.17) is 0 Å². The molecule has 2 aromatic heterocycles. The molecule has 0 radical (unpaired) electrons. The largest absolute Gasteiger partial charge is 0.432 e. The summed E-state index contributed by atoms with van der Waals surface area (Å²) in [5.74, 6) is -0.197. The van der Waals surface area contributed by atoms with Crippen LogP contribution in [0.1, 0.15) is 36.5 Å². The van der Waals surface area contributed by atoms with E-state index in [-0.39, 0.29) is 18.0 Å². The van der Waals surface area contributed by atoms with Crippen LogP contribution in [0.25, 0.3) is 11.3 Å². The number of carbonyl (C=O) groups is 1. The molecule has 8 nitrogen and oxygen atoms in total. The number of hydrogen-bond donors (Lipinski definition) is 2. The second kappa shape index (κ2) is 12.3. The molecular formula is C31H30F4N5O3S+. The van der Waals surface area contributed by atoms with Crippen LogP contribution >= 0.6 is 0 Å². The number of anilines is 1. The molecule has 2 atom stereocenters. The monoisotopic (exact) mass is 628 g/mol. The summed E-state index contributed by atoms with van der Waals surface area (Å²) in [6.07, 6.45) is -0.168. The number of carbonyl (C=O) groups excluding carboxylic acids is 1. The van der Waals surface area contributed by atoms with Crippen molar-refractivity contribution < 1.29 is 34.7 Å². The molecule has 4 aromatic rings. The average molecular weight is 629 g/mol. The molecule has 1 saturated heterocycles. The first-order chi connectivity index (χ1) is 20.9. The van der Waals surface area contributed by atoms with Gasteiger partial charge in [-0.15, -0.1) is 3.89 Å². The molecule has 3 heterocycles. The fourth-order valence-corrected chi connectivity index (χ4v) is 7.47. The van der Waals surface area contributed by atoms with Gasteiger partial charge >= 0.3 is 22.2 Å². The van der Waals surface area contributed by atoms with Crippen LogP contribution < -0.4 is 10.6 Å². The molecule has 1 unspecified atom stereocenters. The smallest absolute Gasteiger partial charge is 0.366 e. The lowest BCUT2D eigenvalue weighted by atomic mass is 10.1. The van der Waals surface area contributed by atoms with Crippen LogP contribution in [0.3, 0.4) is 0 Å². The average Bonchev–Trinajstić information content (AvgIpc) is 3.42. The Hall–Kier alpha value is -4.36. The number of amides is 2. The van der Waals surface area contributed by atoms with Gasteiger partial charge in [-0.1, -0.05) is 18.2 Å². The van der Waals surface area contributed by atoms with Crippen molar-refractivity contribution in [1.82, 2.24) is 15.3 Å². The quantitative estimate of drug-likeness (QED) is 0.171. The zero-order chi connectivity index (χ0) is 31.5. The molecule has 2 N–H and O–H groups in total. The number of halogens is 4. The number of rotatable bonds is 8. The molecule has 1 aliphatic heterocycles. The molecule has 2 aromatic carbocycles. The van der Waals surface area contributed by atoms with Gasteiger partial charge in [0.1, 0.15) is 29.1 Å². The summed E-state index contributed by atoms with van der Waals surface area (Å²) in [5.41, 5.74) is 1.39. The summed E-state index contributed by atoms with van der Waals surface area (Å²) in [5, 5.41) is 5.95. The van der Waals surface area contributed by atoms with E-state index in [1.165, 1.54) is 12.1 Å². The van der Waals surface area contributed by atoms with Gasteiger partial charge in [-0.3, -0.25) is 4.98 Å². The lowest BCUT2D eigenvalue weighted by Gasteiger charge is -2.33. The van der Waals surface area contributed by atoms with Gasteiger partial charge < -0.3 is 10.6 Å². The normalized spacial score (nSPS) is 18.6. The van der Waals surface area contributed by atoms with E-state index in [0.717, 1.165) is 42.0 Å². The van der Waals surface area contributed by atoms with Crippen molar-refractivity contribution in [3.63, 3.8) is 0 Å². The Morgan fingerprint density at radius 3 is 2.34 bits per heavy atom. The third-order valence-electron chi connectivity index (χ3n) is 7.74. The topological polar surface area (TPSA) is 101 Å². The molecule has 1 aliphatic rings. The highest BCUT2D eigenvalue weighted by atomic mass is 32.2. The van der Waals surface area contributed by atoms with E-state index in [9.17, 15) is 30.8 Å². The zero-order valence-electron chi connectivity index (χ0n) is 23.7. The van der Waals surface area contributed by atoms with Crippen LogP contribution in [0.15, 0.2) is 90.1 Å². The molecule has 1 fully saturated rings. The molecule has 0 aliphatic carbocycles. The predicted molar refractivity (Wildman–Crippen MR) is 156 cm³/mol. The maximum atomic E-state index is 13.8. The fraction of sp³-hybridized carbons (Fsp3) is 0.258. The number of alkyl halides is 3. The number of quaternary nitrogens is 1. The van der Waals surface area contributed by atoms with Gasteiger partial charge in [-0.25, -0.2) is 14.2 Å². The van der Waals surface area contributed by atoms with E-state index >= 15 is 0 Å². The Kier molecular flexibility index (Phi) is 8.71. The second-order valence-electron chi connectivity index (χ2n) is 10.6. The van der Waals surface area contributed by atoms with Gasteiger partial charge in [0.15, 0.2) is 0 Å². The van der Waals surface area contributed by atoms with Crippen LogP contribution in [0.5, 0.6) is 0 Å². The van der Waals surface area contributed by atoms with E-state index in [0.29, 0.717) is 42.0 Å². The van der Waals surface area contributed by atoms with Gasteiger partial charge in [-0.2, -0.15) is 21.6 Å². The number of hydrogen-bond acceptors (Lipinski definition) is 6. The highest BCUT2D eigenvalue weighted by Crippen LogP contribution is 2.36. The summed E-state index contributed by atoms with van der Waals surface area (Å²) in [6.45, 7) is 2.03. The third-order valence-corrected chi connectivity index (χ3v) is 10.2. The van der Waals surface area contributed by atoms with Crippen molar-refractivity contribution in [3.8, 4) is 11.3 Å². The van der Waals surface area contributed by atoms with Gasteiger partial charge in [-0.05, 0) is 72.6 Å². The first-order valence-electron chi connectivity index (χ1n) is 13.9. The molecule has 230 valence electrons. The number of likely N-dealkylation sites (tertiary alicyclic amines) is 1. The highest BCUT2D eigenvalue weighted by molar-refractivity contribution is 7.86. The van der Waals surface area contributed by atoms with E-state index in [2.05, 4.69) is 20.6 Å². The maximum Gasteiger partial charge on any atom is 0.432 e. The van der Waals surface area contributed by atoms with Crippen molar-refractivity contribution in [2.24, 2.45) is 0 Å². The van der Waals surface area contributed by atoms with E-state index < -0.39 is 43.5 Å². The summed E-state index contributed by atoms with van der Waals surface area (Å²) >= 11 is 0. The van der Waals surface area contributed by atoms with Crippen LogP contribution in [0.4, 0.5) is 28.2 Å². The van der Waals surface area contributed by atoms with Crippen molar-refractivity contribution in [1.29, 1.82) is 0 Å². The molecule has 0 saturated carbocycles. The van der Waals surface area contributed by atoms with Gasteiger partial charge in [0.2, 0.25) is 0 Å². The Morgan fingerprint density at radius 2 is 1.73 bits per heavy atom. The molecule has 5 rings (SSSR count). The molecule has 0 spiro atoms. The van der Waals surface area contributed by atoms with Gasteiger partial charge in [0.05, 0.1) is 11.3 Å². The minimum atomic E-state index is -4.49. The standard InChI is InChI=1S/C31H29F4N5O3S/c1-21-4-3-15-40(21,44(42,43)27-12-10-26(32)11-13-27)30(41)38-20-23-16-28(24-6-8-25(9-7-24)31(33,34)35)39-29(17-23)37-19-22-5-2-14-36-18-22/h2,5-14,16-18,21H,3-4,15,19-20H2,1H3,(H-,37,38,39,41)/p+1/t21-,40?/m1/s1. The third kappa shape index (κ3) is 6.29. The number of nitrogens with zero attached hydrogens (tertiary/aromatic N) is 3. The lowest BCUT2D eigenvalue weighted by molar-refractivity contribution is -0.733. The van der Waals surface area contributed by atoms with Crippen molar-refractivity contribution in [3.05, 3.63) is 108 Å². The van der Waals surface area contributed by atoms with Crippen molar-refractivity contribution >= 4 is 21.9 Å². The van der Waals surface area contributed by atoms with Crippen LogP contribution in [0.2, 0.25) is 0 Å². The van der Waals surface area contributed by atoms with E-state index in [1.807, 2.05) is 6.07 Å². The number of pyridine rings is 2. The second-order valence-corrected chi connectivity index (χ2v) is 12.7. The summed E-state index contributed by atoms with van der Waals surface area (Å²) in [7, 11) is -4.25. The predicted octanol–water partition coefficient (Wildman–Crippen LogP) is 6.51. The van der Waals surface area contributed by atoms with Crippen molar-refractivity contribution in [2.75, 3.05) is 11.9 Å². The number of benzene rings is 2. The Morgan fingerprint density at radius 1 is 1.00 bits per heavy atom. The molecule has 2 amide bonds. The molecule has 44 heavy (non-hydrogen) atoms. The summed E-state index contributed by atoms with van der Waals surface area (Å²) in [4.78, 5) is 22.3. The fourth-order valence-electron chi connectivity index (χ4n) is 5.38. The summed E-state index contributed by atoms with van der Waals surface area (Å²) < 4.78 is 79.8. The number of urea groups is 1. The molecule has 13 heteroatoms.